The van der Waals surface area contributed by atoms with Crippen LogP contribution in [0.3, 0.4) is 0 Å². The van der Waals surface area contributed by atoms with E-state index in [-0.39, 0.29) is 17.3 Å². The number of carbonyl (C=O) groups excluding carboxylic acids is 1. The summed E-state index contributed by atoms with van der Waals surface area (Å²) in [5.74, 6) is -0.230. The van der Waals surface area contributed by atoms with E-state index in [9.17, 15) is 14.9 Å². The molecule has 1 heterocycles. The topological polar surface area (TPSA) is 93.8 Å². The van der Waals surface area contributed by atoms with Gasteiger partial charge in [0.05, 0.1) is 22.6 Å². The first kappa shape index (κ1) is 20.1. The van der Waals surface area contributed by atoms with Gasteiger partial charge >= 0.3 is 5.69 Å². The molecule has 9 heteroatoms. The molecule has 1 amide bonds. The van der Waals surface area contributed by atoms with Crippen molar-refractivity contribution in [2.24, 2.45) is 4.99 Å². The van der Waals surface area contributed by atoms with Crippen LogP contribution >= 0.6 is 27.7 Å². The minimum Gasteiger partial charge on any atom is -0.490 e. The first-order valence-electron chi connectivity index (χ1n) is 8.17. The second-order valence-corrected chi connectivity index (χ2v) is 8.02. The maximum absolute atomic E-state index is 12.4. The van der Waals surface area contributed by atoms with E-state index in [4.69, 9.17) is 4.74 Å². The van der Waals surface area contributed by atoms with Crippen LogP contribution in [0.15, 0.2) is 44.7 Å². The van der Waals surface area contributed by atoms with E-state index >= 15 is 0 Å². The normalized spacial score (nSPS) is 16.5. The Morgan fingerprint density at radius 3 is 2.68 bits per heavy atom. The van der Waals surface area contributed by atoms with E-state index in [0.29, 0.717) is 20.1 Å². The lowest BCUT2D eigenvalue weighted by atomic mass is 10.1. The second kappa shape index (κ2) is 8.15. The zero-order valence-electron chi connectivity index (χ0n) is 15.3. The van der Waals surface area contributed by atoms with Crippen LogP contribution in [0.25, 0.3) is 6.08 Å². The number of thioether (sulfide) groups is 1. The molecular weight excluding hydrogens is 446 g/mol. The van der Waals surface area contributed by atoms with E-state index < -0.39 is 4.92 Å². The maximum Gasteiger partial charge on any atom is 0.312 e. The number of nitrogens with one attached hydrogen (secondary N) is 1. The van der Waals surface area contributed by atoms with Gasteiger partial charge in [0.1, 0.15) is 0 Å². The fourth-order valence-electron chi connectivity index (χ4n) is 2.73. The van der Waals surface area contributed by atoms with Crippen molar-refractivity contribution in [2.75, 3.05) is 7.11 Å². The zero-order chi connectivity index (χ0) is 20.4. The zero-order valence-corrected chi connectivity index (χ0v) is 17.7. The third-order valence-corrected chi connectivity index (χ3v) is 5.34. The summed E-state index contributed by atoms with van der Waals surface area (Å²) in [4.78, 5) is 28.0. The molecule has 1 aliphatic rings. The van der Waals surface area contributed by atoms with Crippen molar-refractivity contribution in [1.82, 2.24) is 5.32 Å². The molecule has 0 radical (unpaired) electrons. The van der Waals surface area contributed by atoms with Crippen molar-refractivity contribution in [3.63, 3.8) is 0 Å². The number of amides is 1. The average molecular weight is 462 g/mol. The van der Waals surface area contributed by atoms with Gasteiger partial charge in [0, 0.05) is 16.1 Å². The lowest BCUT2D eigenvalue weighted by Gasteiger charge is -2.07. The highest BCUT2D eigenvalue weighted by atomic mass is 79.9. The van der Waals surface area contributed by atoms with E-state index in [0.717, 1.165) is 16.8 Å². The van der Waals surface area contributed by atoms with Crippen LogP contribution < -0.4 is 10.1 Å². The largest absolute Gasteiger partial charge is 0.490 e. The van der Waals surface area contributed by atoms with E-state index in [2.05, 4.69) is 26.2 Å². The molecule has 1 fully saturated rings. The molecule has 2 aromatic carbocycles. The Morgan fingerprint density at radius 1 is 1.29 bits per heavy atom. The molecule has 1 aliphatic heterocycles. The van der Waals surface area contributed by atoms with Crippen molar-refractivity contribution >= 4 is 56.2 Å². The molecule has 0 atom stereocenters. The van der Waals surface area contributed by atoms with Crippen molar-refractivity contribution in [1.29, 1.82) is 0 Å². The average Bonchev–Trinajstić information content (AvgIpc) is 2.96. The summed E-state index contributed by atoms with van der Waals surface area (Å²) >= 11 is 4.43. The third kappa shape index (κ3) is 4.26. The number of amidine groups is 1. The number of ether oxygens (including phenoxy) is 1. The van der Waals surface area contributed by atoms with Gasteiger partial charge in [-0.05, 0) is 49.4 Å². The summed E-state index contributed by atoms with van der Waals surface area (Å²) in [6.07, 6.45) is 1.56. The molecule has 0 aromatic heterocycles. The highest BCUT2D eigenvalue weighted by Crippen LogP contribution is 2.38. The van der Waals surface area contributed by atoms with Gasteiger partial charge in [0.15, 0.2) is 5.17 Å². The minimum atomic E-state index is -0.527. The van der Waals surface area contributed by atoms with Crippen LogP contribution in [-0.4, -0.2) is 23.1 Å². The SMILES string of the molecule is COc1c(/C=C2\SC(=Nc3ccc(C)cc3C)NC2=O)cc(Br)cc1[N+](=O)[O-]. The maximum atomic E-state index is 12.4. The van der Waals surface area contributed by atoms with Crippen LogP contribution in [0.4, 0.5) is 11.4 Å². The smallest absolute Gasteiger partial charge is 0.312 e. The number of benzene rings is 2. The molecule has 0 bridgehead atoms. The Labute approximate surface area is 174 Å². The third-order valence-electron chi connectivity index (χ3n) is 3.98. The summed E-state index contributed by atoms with van der Waals surface area (Å²) in [5.41, 5.74) is 3.15. The summed E-state index contributed by atoms with van der Waals surface area (Å²) in [6, 6.07) is 8.88. The molecule has 1 N–H and O–H groups in total. The molecule has 0 unspecified atom stereocenters. The Hall–Kier alpha value is -2.65. The standard InChI is InChI=1S/C19H16BrN3O4S/c1-10-4-5-14(11(2)6-10)21-19-22-18(24)16(28-19)8-12-7-13(20)9-15(23(25)26)17(12)27-3/h4-9H,1-3H3,(H,21,22,24)/b16-8-. The quantitative estimate of drug-likeness (QED) is 0.397. The number of nitro benzene ring substituents is 1. The van der Waals surface area contributed by atoms with Crippen LogP contribution in [0.5, 0.6) is 5.75 Å². The number of nitro groups is 1. The van der Waals surface area contributed by atoms with Crippen molar-refractivity contribution in [3.05, 3.63) is 66.5 Å². The number of halogens is 1. The summed E-state index contributed by atoms with van der Waals surface area (Å²) in [5, 5.41) is 14.5. The molecule has 0 saturated carbocycles. The van der Waals surface area contributed by atoms with Gasteiger partial charge in [0.2, 0.25) is 5.75 Å². The predicted octanol–water partition coefficient (Wildman–Crippen LogP) is 4.87. The first-order valence-corrected chi connectivity index (χ1v) is 9.78. The Morgan fingerprint density at radius 2 is 2.04 bits per heavy atom. The fourth-order valence-corrected chi connectivity index (χ4v) is 4.02. The number of rotatable bonds is 4. The number of carbonyl (C=O) groups is 1. The van der Waals surface area contributed by atoms with Gasteiger partial charge in [-0.25, -0.2) is 4.99 Å². The molecular formula is C19H16BrN3O4S. The summed E-state index contributed by atoms with van der Waals surface area (Å²) in [7, 11) is 1.35. The Kier molecular flexibility index (Phi) is 5.85. The first-order chi connectivity index (χ1) is 13.3. The van der Waals surface area contributed by atoms with Gasteiger partial charge in [-0.3, -0.25) is 14.9 Å². The molecule has 0 aliphatic carbocycles. The molecule has 3 rings (SSSR count). The molecule has 2 aromatic rings. The molecule has 0 spiro atoms. The van der Waals surface area contributed by atoms with Gasteiger partial charge in [-0.2, -0.15) is 0 Å². The van der Waals surface area contributed by atoms with E-state index in [1.807, 2.05) is 32.0 Å². The Balaban J connectivity index is 1.97. The van der Waals surface area contributed by atoms with Crippen LogP contribution in [-0.2, 0) is 4.79 Å². The number of hydrogen-bond donors (Lipinski definition) is 1. The summed E-state index contributed by atoms with van der Waals surface area (Å²) < 4.78 is 5.72. The highest BCUT2D eigenvalue weighted by molar-refractivity contribution is 9.10. The fraction of sp³-hybridized carbons (Fsp3) is 0.158. The van der Waals surface area contributed by atoms with Gasteiger partial charge in [-0.1, -0.05) is 33.6 Å². The van der Waals surface area contributed by atoms with Crippen LogP contribution in [0.2, 0.25) is 0 Å². The number of aliphatic imine (C=N–C) groups is 1. The predicted molar refractivity (Wildman–Crippen MR) is 114 cm³/mol. The highest BCUT2D eigenvalue weighted by Gasteiger charge is 2.26. The lowest BCUT2D eigenvalue weighted by Crippen LogP contribution is -2.19. The molecule has 7 nitrogen and oxygen atoms in total. The van der Waals surface area contributed by atoms with Crippen molar-refractivity contribution in [2.45, 2.75) is 13.8 Å². The number of methoxy groups -OCH3 is 1. The molecule has 28 heavy (non-hydrogen) atoms. The van der Waals surface area contributed by atoms with Gasteiger partial charge in [-0.15, -0.1) is 0 Å². The minimum absolute atomic E-state index is 0.0915. The Bertz CT molecular complexity index is 1050. The lowest BCUT2D eigenvalue weighted by molar-refractivity contribution is -0.385. The number of hydrogen-bond acceptors (Lipinski definition) is 6. The van der Waals surface area contributed by atoms with Crippen molar-refractivity contribution < 1.29 is 14.5 Å². The second-order valence-electron chi connectivity index (χ2n) is 6.08. The number of aryl methyl sites for hydroxylation is 2. The van der Waals surface area contributed by atoms with Crippen LogP contribution in [0, 0.1) is 24.0 Å². The van der Waals surface area contributed by atoms with Gasteiger partial charge in [0.25, 0.3) is 5.91 Å². The van der Waals surface area contributed by atoms with E-state index in [1.165, 1.54) is 24.9 Å². The monoisotopic (exact) mass is 461 g/mol. The van der Waals surface area contributed by atoms with Crippen molar-refractivity contribution in [3.8, 4) is 5.75 Å². The van der Waals surface area contributed by atoms with E-state index in [1.54, 1.807) is 12.1 Å². The summed E-state index contributed by atoms with van der Waals surface area (Å²) in [6.45, 7) is 3.96. The number of nitrogens with zero attached hydrogens (tertiary/aromatic N) is 2. The molecule has 144 valence electrons. The van der Waals surface area contributed by atoms with Crippen LogP contribution in [0.1, 0.15) is 16.7 Å². The molecule has 1 saturated heterocycles. The van der Waals surface area contributed by atoms with Gasteiger partial charge < -0.3 is 10.1 Å².